The maximum Gasteiger partial charge on any atom is 0.143 e. The van der Waals surface area contributed by atoms with Gasteiger partial charge in [0.15, 0.2) is 0 Å². The Morgan fingerprint density at radius 2 is 1.73 bits per heavy atom. The number of nitrogens with zero attached hydrogens (tertiary/aromatic N) is 1. The van der Waals surface area contributed by atoms with Crippen LogP contribution in [0.3, 0.4) is 0 Å². The minimum absolute atomic E-state index is 0.109. The predicted molar refractivity (Wildman–Crippen MR) is 90.1 cm³/mol. The summed E-state index contributed by atoms with van der Waals surface area (Å²) in [6, 6.07) is 19.0. The zero-order chi connectivity index (χ0) is 15.6. The van der Waals surface area contributed by atoms with Crippen LogP contribution in [0.25, 0.3) is 10.8 Å². The second-order valence-corrected chi connectivity index (χ2v) is 6.76. The smallest absolute Gasteiger partial charge is 0.143 e. The molecule has 0 aliphatic heterocycles. The Kier molecular flexibility index (Phi) is 4.05. The summed E-state index contributed by atoms with van der Waals surface area (Å²) in [5, 5.41) is 13.2. The Balaban J connectivity index is 2.27. The monoisotopic (exact) mass is 311 g/mol. The molecule has 4 heteroatoms. The number of hydrogen-bond donors (Lipinski definition) is 1. The molecule has 0 bridgehead atoms. The molecule has 0 saturated heterocycles. The van der Waals surface area contributed by atoms with Gasteiger partial charge in [0, 0.05) is 28.6 Å². The third-order valence-electron chi connectivity index (χ3n) is 3.73. The minimum Gasteiger partial charge on any atom is -0.378 e. The van der Waals surface area contributed by atoms with Gasteiger partial charge in [-0.15, -0.1) is 0 Å². The molecule has 0 aliphatic rings. The van der Waals surface area contributed by atoms with Gasteiger partial charge < -0.3 is 5.11 Å². The van der Waals surface area contributed by atoms with E-state index in [1.165, 1.54) is 0 Å². The summed E-state index contributed by atoms with van der Waals surface area (Å²) in [5.41, 5.74) is -0.122. The fraction of sp³-hybridized carbons (Fsp3) is 0.167. The van der Waals surface area contributed by atoms with E-state index in [1.807, 2.05) is 60.7 Å². The number of hydrogen-bond acceptors (Lipinski definition) is 3. The number of fused-ring (bicyclic) bond motifs is 1. The lowest BCUT2D eigenvalue weighted by molar-refractivity contribution is 0.104. The number of pyridine rings is 1. The second-order valence-electron chi connectivity index (χ2n) is 5.32. The number of benzene rings is 2. The predicted octanol–water partition coefficient (Wildman–Crippen LogP) is 2.85. The minimum atomic E-state index is -1.37. The maximum atomic E-state index is 11.9. The maximum absolute atomic E-state index is 11.9. The van der Waals surface area contributed by atoms with E-state index in [4.69, 9.17) is 0 Å². The van der Waals surface area contributed by atoms with Crippen LogP contribution in [0, 0.1) is 0 Å². The number of aliphatic hydroxyl groups is 1. The molecular formula is C18H17NO2S. The van der Waals surface area contributed by atoms with Crippen LogP contribution in [0.1, 0.15) is 11.3 Å². The summed E-state index contributed by atoms with van der Waals surface area (Å²) in [6.07, 6.45) is 3.28. The van der Waals surface area contributed by atoms with E-state index in [0.717, 1.165) is 10.8 Å². The van der Waals surface area contributed by atoms with E-state index in [-0.39, 0.29) is 5.75 Å². The molecule has 3 rings (SSSR count). The summed E-state index contributed by atoms with van der Waals surface area (Å²) in [4.78, 5) is 4.42. The van der Waals surface area contributed by atoms with E-state index in [0.29, 0.717) is 11.3 Å². The van der Waals surface area contributed by atoms with Crippen LogP contribution in [0.15, 0.2) is 66.9 Å². The van der Waals surface area contributed by atoms with E-state index >= 15 is 0 Å². The van der Waals surface area contributed by atoms with Crippen molar-refractivity contribution < 1.29 is 9.32 Å². The van der Waals surface area contributed by atoms with E-state index in [9.17, 15) is 9.32 Å². The molecule has 22 heavy (non-hydrogen) atoms. The highest BCUT2D eigenvalue weighted by Crippen LogP contribution is 2.33. The van der Waals surface area contributed by atoms with Gasteiger partial charge in [0.05, 0.1) is 11.4 Å². The molecule has 0 radical (unpaired) electrons. The van der Waals surface area contributed by atoms with Gasteiger partial charge in [-0.05, 0) is 17.0 Å². The molecule has 0 aliphatic carbocycles. The molecule has 0 saturated carbocycles. The highest BCUT2D eigenvalue weighted by Gasteiger charge is 2.35. The first kappa shape index (κ1) is 14.9. The first-order chi connectivity index (χ1) is 10.6. The Morgan fingerprint density at radius 1 is 1.05 bits per heavy atom. The Labute approximate surface area is 132 Å². The summed E-state index contributed by atoms with van der Waals surface area (Å²) in [6.45, 7) is 0. The molecule has 0 fully saturated rings. The molecular weight excluding hydrogens is 294 g/mol. The van der Waals surface area contributed by atoms with Crippen LogP contribution >= 0.6 is 0 Å². The normalized spacial score (nSPS) is 15.4. The molecule has 2 atom stereocenters. The standard InChI is InChI=1S/C18H17NO2S/c1-22(21)13-18(20,15-8-3-2-4-9-15)17-16-10-6-5-7-14(16)11-12-19-17/h2-12,20H,13H2,1H3/t18-,22+/m1/s1. The van der Waals surface area contributed by atoms with Crippen molar-refractivity contribution in [3.05, 3.63) is 78.1 Å². The quantitative estimate of drug-likeness (QED) is 0.806. The average Bonchev–Trinajstić information content (AvgIpc) is 2.54. The Morgan fingerprint density at radius 3 is 2.45 bits per heavy atom. The fourth-order valence-electron chi connectivity index (χ4n) is 2.75. The van der Waals surface area contributed by atoms with E-state index in [2.05, 4.69) is 4.98 Å². The Hall–Kier alpha value is -2.04. The van der Waals surface area contributed by atoms with Crippen LogP contribution < -0.4 is 0 Å². The Bertz CT molecular complexity index is 814. The number of rotatable bonds is 4. The molecule has 0 amide bonds. The third-order valence-corrected chi connectivity index (χ3v) is 4.55. The summed E-state index contributed by atoms with van der Waals surface area (Å²) < 4.78 is 11.9. The van der Waals surface area contributed by atoms with Crippen molar-refractivity contribution in [1.29, 1.82) is 0 Å². The topological polar surface area (TPSA) is 50.2 Å². The van der Waals surface area contributed by atoms with Gasteiger partial charge in [-0.3, -0.25) is 9.19 Å². The van der Waals surface area contributed by atoms with Crippen LogP contribution in [0.5, 0.6) is 0 Å². The summed E-state index contributed by atoms with van der Waals surface area (Å²) in [5.74, 6) is 0.109. The summed E-state index contributed by atoms with van der Waals surface area (Å²) >= 11 is 0. The SMILES string of the molecule is C[S@](=O)C[C@@](O)(c1ccccc1)c1nccc2ccccc12. The van der Waals surface area contributed by atoms with Crippen molar-refractivity contribution in [2.75, 3.05) is 12.0 Å². The zero-order valence-corrected chi connectivity index (χ0v) is 13.1. The van der Waals surface area contributed by atoms with Gasteiger partial charge in [0.1, 0.15) is 5.60 Å². The van der Waals surface area contributed by atoms with Crippen molar-refractivity contribution in [3.63, 3.8) is 0 Å². The summed E-state index contributed by atoms with van der Waals surface area (Å²) in [7, 11) is -1.17. The van der Waals surface area contributed by atoms with Crippen molar-refractivity contribution in [2.24, 2.45) is 0 Å². The molecule has 0 unspecified atom stereocenters. The van der Waals surface area contributed by atoms with Crippen molar-refractivity contribution >= 4 is 21.6 Å². The fourth-order valence-corrected chi connectivity index (χ4v) is 3.64. The molecule has 1 heterocycles. The van der Waals surface area contributed by atoms with E-state index < -0.39 is 16.4 Å². The van der Waals surface area contributed by atoms with Crippen LogP contribution in [-0.2, 0) is 16.4 Å². The van der Waals surface area contributed by atoms with E-state index in [1.54, 1.807) is 12.5 Å². The highest BCUT2D eigenvalue weighted by molar-refractivity contribution is 7.84. The largest absolute Gasteiger partial charge is 0.378 e. The molecule has 2 aromatic carbocycles. The van der Waals surface area contributed by atoms with Crippen molar-refractivity contribution in [3.8, 4) is 0 Å². The van der Waals surface area contributed by atoms with Crippen LogP contribution in [0.2, 0.25) is 0 Å². The highest BCUT2D eigenvalue weighted by atomic mass is 32.2. The number of aromatic nitrogens is 1. The molecule has 1 N–H and O–H groups in total. The first-order valence-electron chi connectivity index (χ1n) is 7.03. The van der Waals surface area contributed by atoms with Crippen LogP contribution in [0.4, 0.5) is 0 Å². The van der Waals surface area contributed by atoms with Gasteiger partial charge in [-0.2, -0.15) is 0 Å². The molecule has 1 aromatic heterocycles. The van der Waals surface area contributed by atoms with Gasteiger partial charge in [0.2, 0.25) is 0 Å². The third kappa shape index (κ3) is 2.67. The first-order valence-corrected chi connectivity index (χ1v) is 8.76. The van der Waals surface area contributed by atoms with Gasteiger partial charge >= 0.3 is 0 Å². The van der Waals surface area contributed by atoms with Crippen LogP contribution in [-0.4, -0.2) is 26.3 Å². The van der Waals surface area contributed by atoms with Gasteiger partial charge in [-0.25, -0.2) is 0 Å². The lowest BCUT2D eigenvalue weighted by Gasteiger charge is -2.28. The lowest BCUT2D eigenvalue weighted by Crippen LogP contribution is -2.34. The lowest BCUT2D eigenvalue weighted by atomic mass is 9.89. The molecule has 112 valence electrons. The zero-order valence-electron chi connectivity index (χ0n) is 12.3. The van der Waals surface area contributed by atoms with Gasteiger partial charge in [-0.1, -0.05) is 54.6 Å². The average molecular weight is 311 g/mol. The van der Waals surface area contributed by atoms with Crippen molar-refractivity contribution in [1.82, 2.24) is 4.98 Å². The molecule has 3 aromatic rings. The molecule has 3 nitrogen and oxygen atoms in total. The second kappa shape index (κ2) is 5.99. The van der Waals surface area contributed by atoms with Crippen molar-refractivity contribution in [2.45, 2.75) is 5.60 Å². The molecule has 0 spiro atoms. The van der Waals surface area contributed by atoms with Gasteiger partial charge in [0.25, 0.3) is 0 Å².